The maximum atomic E-state index is 12.8. The number of nitrogen functional groups attached to an aromatic ring is 1. The molecule has 1 aromatic heterocycles. The van der Waals surface area contributed by atoms with Gasteiger partial charge in [-0.2, -0.15) is 9.29 Å². The molecule has 0 amide bonds. The second-order valence-corrected chi connectivity index (χ2v) is 20.4. The molecule has 1 saturated heterocycles. The van der Waals surface area contributed by atoms with E-state index in [9.17, 15) is 43.5 Å². The van der Waals surface area contributed by atoms with Crippen molar-refractivity contribution in [1.29, 1.82) is 0 Å². The number of esters is 2. The third kappa shape index (κ3) is 28.1. The quantitative estimate of drug-likeness (QED) is 0.0177. The summed E-state index contributed by atoms with van der Waals surface area (Å²) in [5, 5.41) is 20.9. The Kier molecular flexibility index (Phi) is 32.2. The van der Waals surface area contributed by atoms with E-state index >= 15 is 0 Å². The van der Waals surface area contributed by atoms with Crippen LogP contribution in [-0.4, -0.2) is 85.7 Å². The zero-order chi connectivity index (χ0) is 48.5. The van der Waals surface area contributed by atoms with Crippen LogP contribution in [0.1, 0.15) is 200 Å². The number of aliphatic hydroxyl groups is 2. The van der Waals surface area contributed by atoms with Crippen molar-refractivity contribution in [2.45, 2.75) is 224 Å². The predicted octanol–water partition coefficient (Wildman–Crippen LogP) is 9.67. The zero-order valence-electron chi connectivity index (χ0n) is 39.8. The molecule has 0 aliphatic carbocycles. The minimum atomic E-state index is -5.42. The highest BCUT2D eigenvalue weighted by atomic mass is 31.3. The predicted molar refractivity (Wildman–Crippen MR) is 252 cm³/mol. The van der Waals surface area contributed by atoms with E-state index in [2.05, 4.69) is 35.3 Å². The highest BCUT2D eigenvalue weighted by Crippen LogP contribution is 2.60. The summed E-state index contributed by atoms with van der Waals surface area (Å²) in [6.07, 6.45) is 27.2. The summed E-state index contributed by atoms with van der Waals surface area (Å²) in [4.78, 5) is 61.8. The Hall–Kier alpha value is -2.50. The Morgan fingerprint density at radius 3 is 1.71 bits per heavy atom. The number of aromatic nitrogens is 2. The molecule has 18 nitrogen and oxygen atoms in total. The Bertz CT molecular complexity index is 1650. The summed E-state index contributed by atoms with van der Waals surface area (Å²) in [6.45, 7) is 2.15. The van der Waals surface area contributed by atoms with Crippen LogP contribution in [0.2, 0.25) is 0 Å². The lowest BCUT2D eigenvalue weighted by Gasteiger charge is -2.21. The molecule has 1 aromatic rings. The van der Waals surface area contributed by atoms with Crippen molar-refractivity contribution < 1.29 is 66.3 Å². The van der Waals surface area contributed by atoms with Gasteiger partial charge < -0.3 is 39.9 Å². The third-order valence-electron chi connectivity index (χ3n) is 11.4. The van der Waals surface area contributed by atoms with Gasteiger partial charge in [0.1, 0.15) is 30.7 Å². The van der Waals surface area contributed by atoms with Crippen molar-refractivity contribution in [3.63, 3.8) is 0 Å². The number of unbranched alkanes of at least 4 members (excludes halogenated alkanes) is 23. The van der Waals surface area contributed by atoms with Crippen LogP contribution >= 0.6 is 15.6 Å². The zero-order valence-corrected chi connectivity index (χ0v) is 41.6. The minimum absolute atomic E-state index is 0.0547. The fraction of sp³-hybridized carbons (Fsp3) is 0.826. The lowest BCUT2D eigenvalue weighted by atomic mass is 10.0. The molecule has 0 aromatic carbocycles. The normalized spacial score (nSPS) is 19.7. The first-order chi connectivity index (χ1) is 31.7. The molecule has 382 valence electrons. The van der Waals surface area contributed by atoms with Crippen molar-refractivity contribution in [3.05, 3.63) is 34.9 Å². The van der Waals surface area contributed by atoms with Gasteiger partial charge in [0.05, 0.1) is 13.2 Å². The number of phosphoric ester groups is 2. The van der Waals surface area contributed by atoms with Crippen molar-refractivity contribution in [2.75, 3.05) is 25.6 Å². The number of carbonyl (C=O) groups excluding carboxylic acids is 2. The third-order valence-corrected chi connectivity index (χ3v) is 14.0. The summed E-state index contributed by atoms with van der Waals surface area (Å²) in [6, 6.07) is 1.25. The first-order valence-electron chi connectivity index (χ1n) is 24.7. The van der Waals surface area contributed by atoms with E-state index in [-0.39, 0.29) is 18.7 Å². The minimum Gasteiger partial charge on any atom is -0.462 e. The number of ether oxygens (including phenoxy) is 3. The number of hydrogen-bond donors (Lipinski definition) is 5. The van der Waals surface area contributed by atoms with Crippen LogP contribution in [0.3, 0.4) is 0 Å². The van der Waals surface area contributed by atoms with Crippen LogP contribution in [0, 0.1) is 0 Å². The summed E-state index contributed by atoms with van der Waals surface area (Å²) < 4.78 is 56.7. The van der Waals surface area contributed by atoms with Gasteiger partial charge in [0.25, 0.3) is 0 Å². The van der Waals surface area contributed by atoms with E-state index in [0.717, 1.165) is 75.2 Å². The van der Waals surface area contributed by atoms with Gasteiger partial charge in [0.2, 0.25) is 0 Å². The molecule has 0 radical (unpaired) electrons. The fourth-order valence-electron chi connectivity index (χ4n) is 7.48. The molecule has 3 unspecified atom stereocenters. The van der Waals surface area contributed by atoms with Crippen molar-refractivity contribution in [2.24, 2.45) is 0 Å². The first-order valence-corrected chi connectivity index (χ1v) is 27.7. The molecular formula is C46H83N3O15P2. The van der Waals surface area contributed by atoms with E-state index in [1.54, 1.807) is 0 Å². The first kappa shape index (κ1) is 59.6. The Labute approximate surface area is 392 Å². The number of hydrogen-bond acceptors (Lipinski definition) is 15. The van der Waals surface area contributed by atoms with E-state index in [0.29, 0.717) is 12.8 Å². The average molecular weight is 980 g/mol. The van der Waals surface area contributed by atoms with Gasteiger partial charge in [-0.3, -0.25) is 23.2 Å². The smallest absolute Gasteiger partial charge is 0.462 e. The largest absolute Gasteiger partial charge is 0.481 e. The van der Waals surface area contributed by atoms with Crippen LogP contribution in [0.25, 0.3) is 0 Å². The van der Waals surface area contributed by atoms with E-state index in [4.69, 9.17) is 29.0 Å². The van der Waals surface area contributed by atoms with E-state index < -0.39 is 83.7 Å². The number of nitrogens with two attached hydrogens (primary N) is 1. The summed E-state index contributed by atoms with van der Waals surface area (Å²) in [7, 11) is -10.8. The molecule has 1 aliphatic heterocycles. The van der Waals surface area contributed by atoms with Crippen LogP contribution in [-0.2, 0) is 46.3 Å². The second kappa shape index (κ2) is 35.6. The van der Waals surface area contributed by atoms with Gasteiger partial charge in [-0.15, -0.1) is 0 Å². The number of nitrogens with zero attached hydrogens (tertiary/aromatic N) is 2. The number of aliphatic hydroxyl groups excluding tert-OH is 2. The molecule has 6 N–H and O–H groups in total. The van der Waals surface area contributed by atoms with Gasteiger partial charge in [-0.1, -0.05) is 154 Å². The number of allylic oxidation sites excluding steroid dienone is 2. The van der Waals surface area contributed by atoms with Gasteiger partial charge in [0.15, 0.2) is 12.3 Å². The number of rotatable bonds is 41. The molecule has 0 spiro atoms. The molecule has 2 heterocycles. The molecule has 2 rings (SSSR count). The Morgan fingerprint density at radius 2 is 1.18 bits per heavy atom. The van der Waals surface area contributed by atoms with Crippen LogP contribution in [0.15, 0.2) is 29.2 Å². The maximum Gasteiger partial charge on any atom is 0.481 e. The monoisotopic (exact) mass is 980 g/mol. The topological polar surface area (TPSA) is 265 Å². The standard InChI is InChI=1S/C46H83N3O15P2/c1-3-5-7-9-11-13-15-17-18-20-21-23-25-27-29-31-41(50)59-35-38(62-42(51)32-30-28-26-24-22-19-16-14-12-10-8-6-4-2)36-60-65(55,56)64-66(57,58)61-37-39-43(52)44(53)45(63-39)49-34-33-40(47)48-46(49)54/h13,15,33-34,38-39,43-45,52-53H,3-12,14,16-32,35-37H2,1-2H3,(H,55,56)(H,57,58)(H2,47,48,54)/t38-,39-,43+,44?,45-/m1/s1. The molecule has 66 heavy (non-hydrogen) atoms. The lowest BCUT2D eigenvalue weighted by Crippen LogP contribution is -2.36. The molecular weight excluding hydrogens is 896 g/mol. The van der Waals surface area contributed by atoms with Crippen LogP contribution in [0.4, 0.5) is 5.82 Å². The average Bonchev–Trinajstić information content (AvgIpc) is 3.55. The Morgan fingerprint density at radius 1 is 0.712 bits per heavy atom. The molecule has 0 saturated carbocycles. The van der Waals surface area contributed by atoms with Gasteiger partial charge in [0, 0.05) is 19.0 Å². The van der Waals surface area contributed by atoms with Gasteiger partial charge in [-0.05, 0) is 44.6 Å². The molecule has 1 aliphatic rings. The Balaban J connectivity index is 1.81. The van der Waals surface area contributed by atoms with Crippen LogP contribution < -0.4 is 11.4 Å². The number of anilines is 1. The maximum absolute atomic E-state index is 12.8. The van der Waals surface area contributed by atoms with Crippen molar-refractivity contribution in [1.82, 2.24) is 9.55 Å². The van der Waals surface area contributed by atoms with Gasteiger partial charge >= 0.3 is 33.3 Å². The highest BCUT2D eigenvalue weighted by Gasteiger charge is 2.46. The molecule has 20 heteroatoms. The fourth-order valence-corrected chi connectivity index (χ4v) is 9.60. The second-order valence-electron chi connectivity index (χ2n) is 17.3. The van der Waals surface area contributed by atoms with Gasteiger partial charge in [-0.25, -0.2) is 13.9 Å². The molecule has 1 fully saturated rings. The van der Waals surface area contributed by atoms with E-state index in [1.807, 2.05) is 0 Å². The highest BCUT2D eigenvalue weighted by molar-refractivity contribution is 7.61. The number of carbonyl (C=O) groups is 2. The van der Waals surface area contributed by atoms with E-state index in [1.165, 1.54) is 95.7 Å². The molecule has 0 bridgehead atoms. The summed E-state index contributed by atoms with van der Waals surface area (Å²) >= 11 is 0. The summed E-state index contributed by atoms with van der Waals surface area (Å²) in [5.41, 5.74) is 4.59. The van der Waals surface area contributed by atoms with Crippen molar-refractivity contribution >= 4 is 33.4 Å². The number of phosphoric acid groups is 2. The lowest BCUT2D eigenvalue weighted by molar-refractivity contribution is -0.161. The van der Waals surface area contributed by atoms with Crippen molar-refractivity contribution in [3.8, 4) is 0 Å². The SMILES string of the molecule is CCCCCCC=CCCCCCCCCCC(=O)OC[C@H](COP(=O)(O)OP(=O)(O)OC[C@H]1O[C@@H](n2ccc(N)nc2=O)C(O)[C@H]1O)OC(=O)CCCCCCCCCCCCCCC. The summed E-state index contributed by atoms with van der Waals surface area (Å²) in [5.74, 6) is -1.29. The van der Waals surface area contributed by atoms with Crippen LogP contribution in [0.5, 0.6) is 0 Å². The molecule has 7 atom stereocenters.